The van der Waals surface area contributed by atoms with Crippen LogP contribution in [-0.2, 0) is 19.1 Å². The second-order valence-corrected chi connectivity index (χ2v) is 12.7. The maximum absolute atomic E-state index is 11.5. The fraction of sp³-hybridized carbons (Fsp3) is 0.950. The fourth-order valence-electron chi connectivity index (χ4n) is 5.56. The Balaban J connectivity index is -0.000000774. The molecule has 46 heavy (non-hydrogen) atoms. The summed E-state index contributed by atoms with van der Waals surface area (Å²) in [5.74, 6) is -0.0222. The Bertz CT molecular complexity index is 538. The van der Waals surface area contributed by atoms with Crippen molar-refractivity contribution in [3.63, 3.8) is 0 Å². The minimum atomic E-state index is -0.0222. The summed E-state index contributed by atoms with van der Waals surface area (Å²) in [6, 6.07) is 0. The molecule has 6 nitrogen and oxygen atoms in total. The highest BCUT2D eigenvalue weighted by Gasteiger charge is 2.09. The Morgan fingerprint density at radius 3 is 1.52 bits per heavy atom. The Morgan fingerprint density at radius 2 is 1.04 bits per heavy atom. The molecule has 0 aromatic heterocycles. The van der Waals surface area contributed by atoms with Crippen molar-refractivity contribution in [3.8, 4) is 0 Å². The molecule has 0 heterocycles. The number of carbonyl (C=O) groups is 2. The van der Waals surface area contributed by atoms with Gasteiger partial charge in [-0.15, -0.1) is 0 Å². The monoisotopic (exact) mass is 658 g/mol. The van der Waals surface area contributed by atoms with Gasteiger partial charge in [0.1, 0.15) is 6.10 Å². The molecule has 0 amide bonds. The van der Waals surface area contributed by atoms with Crippen molar-refractivity contribution >= 4 is 12.4 Å². The van der Waals surface area contributed by atoms with E-state index in [0.29, 0.717) is 19.5 Å². The van der Waals surface area contributed by atoms with Crippen LogP contribution in [0.3, 0.4) is 0 Å². The highest BCUT2D eigenvalue weighted by atomic mass is 16.5. The number of unbranched alkanes of at least 4 members (excludes halogenated alkanes) is 18. The van der Waals surface area contributed by atoms with E-state index in [2.05, 4.69) is 32.6 Å². The molecule has 0 saturated heterocycles. The Morgan fingerprint density at radius 1 is 0.587 bits per heavy atom. The molecular weight excluding hydrogens is 574 g/mol. The number of aliphatic hydroxyl groups excluding tert-OH is 1. The molecule has 0 radical (unpaired) electrons. The summed E-state index contributed by atoms with van der Waals surface area (Å²) in [6.45, 7) is 17.3. The molecule has 0 rings (SSSR count). The zero-order valence-corrected chi connectivity index (χ0v) is 32.1. The number of carbonyl (C=O) groups excluding carboxylic acids is 2. The van der Waals surface area contributed by atoms with Crippen LogP contribution in [0.25, 0.3) is 0 Å². The second-order valence-electron chi connectivity index (χ2n) is 12.7. The lowest BCUT2D eigenvalue weighted by molar-refractivity contribution is -0.144. The number of ether oxygens (including phenoxy) is 2. The minimum absolute atomic E-state index is 0.0222. The number of aliphatic hydroxyl groups is 1. The molecular formula is C40H83NO5. The van der Waals surface area contributed by atoms with Crippen LogP contribution in [-0.4, -0.2) is 61.4 Å². The van der Waals surface area contributed by atoms with E-state index in [1.165, 1.54) is 109 Å². The first-order valence-corrected chi connectivity index (χ1v) is 20.2. The lowest BCUT2D eigenvalue weighted by atomic mass is 10.0. The molecule has 0 aliphatic carbocycles. The Hall–Kier alpha value is -1.14. The SMILES string of the molecule is CC.CCCCCCCCC(CCCCCCCC)OC=O.CCCCCOC(=O)CCCCCCCCCN(CCC)CCO. The van der Waals surface area contributed by atoms with Gasteiger partial charge < -0.3 is 19.5 Å². The normalized spacial score (nSPS) is 10.7. The van der Waals surface area contributed by atoms with Crippen molar-refractivity contribution in [1.82, 2.24) is 4.90 Å². The predicted octanol–water partition coefficient (Wildman–Crippen LogP) is 11.6. The van der Waals surface area contributed by atoms with Gasteiger partial charge in [0.05, 0.1) is 13.2 Å². The number of esters is 1. The van der Waals surface area contributed by atoms with Crippen molar-refractivity contribution in [3.05, 3.63) is 0 Å². The lowest BCUT2D eigenvalue weighted by Gasteiger charge is -2.20. The van der Waals surface area contributed by atoms with Crippen LogP contribution in [0.2, 0.25) is 0 Å². The Kier molecular flexibility index (Phi) is 49.2. The standard InChI is InChI=1S/C20H41NO3.C18H36O2.C2H6/c1-3-5-13-19-24-20(23)14-11-9-7-6-8-10-12-16-21(15-4-2)17-18-22;1-3-5-7-9-11-13-15-18(20-17-19)16-14-12-10-8-6-4-2;1-2/h22H,3-19H2,1-2H3;17-18H,3-16H2,1-2H3;1-2H3. The first-order chi connectivity index (χ1) is 22.6. The van der Waals surface area contributed by atoms with Crippen molar-refractivity contribution in [1.29, 1.82) is 0 Å². The maximum atomic E-state index is 11.5. The number of hydrogen-bond donors (Lipinski definition) is 1. The average Bonchev–Trinajstić information content (AvgIpc) is 3.06. The van der Waals surface area contributed by atoms with Crippen LogP contribution < -0.4 is 0 Å². The van der Waals surface area contributed by atoms with E-state index in [9.17, 15) is 9.59 Å². The Labute approximate surface area is 288 Å². The number of rotatable bonds is 34. The van der Waals surface area contributed by atoms with Gasteiger partial charge in [-0.1, -0.05) is 151 Å². The first kappa shape index (κ1) is 49.2. The van der Waals surface area contributed by atoms with E-state index in [1.54, 1.807) is 0 Å². The molecule has 0 aliphatic heterocycles. The third kappa shape index (κ3) is 42.9. The molecule has 1 N–H and O–H groups in total. The predicted molar refractivity (Wildman–Crippen MR) is 200 cm³/mol. The summed E-state index contributed by atoms with van der Waals surface area (Å²) in [6.07, 6.45) is 31.3. The van der Waals surface area contributed by atoms with Gasteiger partial charge in [0.15, 0.2) is 0 Å². The first-order valence-electron chi connectivity index (χ1n) is 20.2. The second kappa shape index (κ2) is 46.0. The molecule has 0 aromatic rings. The van der Waals surface area contributed by atoms with Gasteiger partial charge in [-0.05, 0) is 64.5 Å². The molecule has 0 unspecified atom stereocenters. The average molecular weight is 658 g/mol. The van der Waals surface area contributed by atoms with E-state index >= 15 is 0 Å². The molecule has 6 heteroatoms. The summed E-state index contributed by atoms with van der Waals surface area (Å²) >= 11 is 0. The van der Waals surface area contributed by atoms with E-state index in [1.807, 2.05) is 13.8 Å². The molecule has 0 atom stereocenters. The summed E-state index contributed by atoms with van der Waals surface area (Å²) < 4.78 is 10.4. The minimum Gasteiger partial charge on any atom is -0.466 e. The van der Waals surface area contributed by atoms with E-state index in [0.717, 1.165) is 71.0 Å². The highest BCUT2D eigenvalue weighted by molar-refractivity contribution is 5.69. The van der Waals surface area contributed by atoms with Gasteiger partial charge >= 0.3 is 5.97 Å². The summed E-state index contributed by atoms with van der Waals surface area (Å²) in [5, 5.41) is 9.02. The topological polar surface area (TPSA) is 76.1 Å². The molecule has 0 aliphatic rings. The maximum Gasteiger partial charge on any atom is 0.305 e. The van der Waals surface area contributed by atoms with Crippen molar-refractivity contribution in [2.75, 3.05) is 32.8 Å². The number of hydrogen-bond acceptors (Lipinski definition) is 6. The van der Waals surface area contributed by atoms with Crippen LogP contribution in [0.5, 0.6) is 0 Å². The summed E-state index contributed by atoms with van der Waals surface area (Å²) in [4.78, 5) is 24.4. The smallest absolute Gasteiger partial charge is 0.305 e. The fourth-order valence-corrected chi connectivity index (χ4v) is 5.56. The summed E-state index contributed by atoms with van der Waals surface area (Å²) in [7, 11) is 0. The van der Waals surface area contributed by atoms with Crippen LogP contribution in [0, 0.1) is 0 Å². The zero-order valence-electron chi connectivity index (χ0n) is 32.1. The molecule has 0 saturated carbocycles. The quantitative estimate of drug-likeness (QED) is 0.0421. The van der Waals surface area contributed by atoms with E-state index < -0.39 is 0 Å². The van der Waals surface area contributed by atoms with Gasteiger partial charge in [0, 0.05) is 13.0 Å². The molecule has 0 bridgehead atoms. The lowest BCUT2D eigenvalue weighted by Crippen LogP contribution is -2.28. The molecule has 0 fully saturated rings. The van der Waals surface area contributed by atoms with Crippen molar-refractivity contribution in [2.24, 2.45) is 0 Å². The van der Waals surface area contributed by atoms with Crippen LogP contribution in [0.15, 0.2) is 0 Å². The van der Waals surface area contributed by atoms with Crippen molar-refractivity contribution in [2.45, 2.75) is 215 Å². The van der Waals surface area contributed by atoms with Gasteiger partial charge in [0.2, 0.25) is 0 Å². The van der Waals surface area contributed by atoms with Gasteiger partial charge in [0.25, 0.3) is 6.47 Å². The van der Waals surface area contributed by atoms with E-state index in [4.69, 9.17) is 14.6 Å². The van der Waals surface area contributed by atoms with Gasteiger partial charge in [-0.2, -0.15) is 0 Å². The number of nitrogens with zero attached hydrogens (tertiary/aromatic N) is 1. The zero-order chi connectivity index (χ0) is 34.8. The molecule has 278 valence electrons. The third-order valence-corrected chi connectivity index (χ3v) is 8.33. The van der Waals surface area contributed by atoms with Crippen molar-refractivity contribution < 1.29 is 24.2 Å². The molecule has 0 spiro atoms. The van der Waals surface area contributed by atoms with Gasteiger partial charge in [-0.3, -0.25) is 9.59 Å². The third-order valence-electron chi connectivity index (χ3n) is 8.33. The van der Waals surface area contributed by atoms with Crippen LogP contribution in [0.1, 0.15) is 208 Å². The largest absolute Gasteiger partial charge is 0.466 e. The van der Waals surface area contributed by atoms with Crippen LogP contribution >= 0.6 is 0 Å². The highest BCUT2D eigenvalue weighted by Crippen LogP contribution is 2.16. The summed E-state index contributed by atoms with van der Waals surface area (Å²) in [5.41, 5.74) is 0. The molecule has 0 aromatic carbocycles. The van der Waals surface area contributed by atoms with E-state index in [-0.39, 0.29) is 18.7 Å². The van der Waals surface area contributed by atoms with Crippen LogP contribution in [0.4, 0.5) is 0 Å². The van der Waals surface area contributed by atoms with Gasteiger partial charge in [-0.25, -0.2) is 0 Å².